The molecule has 0 aliphatic carbocycles. The lowest BCUT2D eigenvalue weighted by molar-refractivity contribution is -0.465. The standard InChI is InChI=1S/C6H10N2O3/c1-7-5-2-3-6(8(9)10)11-4-5/h3,5,7H,2,4H2,1H3. The molecule has 0 saturated heterocycles. The Bertz CT molecular complexity index is 190. The summed E-state index contributed by atoms with van der Waals surface area (Å²) in [4.78, 5) is 9.63. The lowest BCUT2D eigenvalue weighted by Gasteiger charge is -2.17. The number of hydrogen-bond donors (Lipinski definition) is 1. The highest BCUT2D eigenvalue weighted by Gasteiger charge is 2.20. The van der Waals surface area contributed by atoms with E-state index in [-0.39, 0.29) is 11.9 Å². The molecule has 1 aliphatic heterocycles. The van der Waals surface area contributed by atoms with E-state index in [0.29, 0.717) is 13.0 Å². The molecule has 1 heterocycles. The van der Waals surface area contributed by atoms with Crippen LogP contribution in [0.2, 0.25) is 0 Å². The minimum Gasteiger partial charge on any atom is -0.439 e. The van der Waals surface area contributed by atoms with Gasteiger partial charge in [0.2, 0.25) is 0 Å². The molecule has 1 rings (SSSR count). The van der Waals surface area contributed by atoms with Gasteiger partial charge in [0.15, 0.2) is 0 Å². The molecule has 0 fully saturated rings. The fraction of sp³-hybridized carbons (Fsp3) is 0.667. The Morgan fingerprint density at radius 1 is 1.91 bits per heavy atom. The van der Waals surface area contributed by atoms with E-state index < -0.39 is 4.92 Å². The Hall–Kier alpha value is -1.10. The van der Waals surface area contributed by atoms with Gasteiger partial charge in [-0.05, 0) is 13.5 Å². The maximum Gasteiger partial charge on any atom is 0.424 e. The van der Waals surface area contributed by atoms with Crippen LogP contribution in [0.1, 0.15) is 6.42 Å². The summed E-state index contributed by atoms with van der Waals surface area (Å²) in [5.74, 6) is -0.128. The predicted molar refractivity (Wildman–Crippen MR) is 38.5 cm³/mol. The van der Waals surface area contributed by atoms with Crippen LogP contribution in [0.4, 0.5) is 0 Å². The molecule has 0 radical (unpaired) electrons. The molecule has 62 valence electrons. The molecule has 1 N–H and O–H groups in total. The van der Waals surface area contributed by atoms with Gasteiger partial charge in [0.05, 0.1) is 0 Å². The van der Waals surface area contributed by atoms with Gasteiger partial charge in [0.1, 0.15) is 11.5 Å². The molecule has 0 aromatic heterocycles. The van der Waals surface area contributed by atoms with Gasteiger partial charge in [-0.25, -0.2) is 0 Å². The largest absolute Gasteiger partial charge is 0.439 e. The van der Waals surface area contributed by atoms with Crippen LogP contribution in [0.5, 0.6) is 0 Å². The topological polar surface area (TPSA) is 64.4 Å². The number of rotatable bonds is 2. The fourth-order valence-electron chi connectivity index (χ4n) is 0.884. The van der Waals surface area contributed by atoms with Crippen molar-refractivity contribution in [3.05, 3.63) is 22.1 Å². The molecular formula is C6H10N2O3. The van der Waals surface area contributed by atoms with Crippen molar-refractivity contribution in [2.45, 2.75) is 12.5 Å². The zero-order valence-electron chi connectivity index (χ0n) is 6.24. The molecule has 0 spiro atoms. The molecule has 1 aliphatic rings. The summed E-state index contributed by atoms with van der Waals surface area (Å²) in [5, 5.41) is 13.1. The van der Waals surface area contributed by atoms with E-state index in [1.54, 1.807) is 7.05 Å². The molecule has 0 aromatic rings. The van der Waals surface area contributed by atoms with Gasteiger partial charge < -0.3 is 10.1 Å². The van der Waals surface area contributed by atoms with Crippen molar-refractivity contribution in [1.82, 2.24) is 5.32 Å². The molecular weight excluding hydrogens is 148 g/mol. The lowest BCUT2D eigenvalue weighted by Crippen LogP contribution is -2.33. The van der Waals surface area contributed by atoms with Gasteiger partial charge in [0, 0.05) is 12.1 Å². The van der Waals surface area contributed by atoms with E-state index in [0.717, 1.165) is 0 Å². The first-order chi connectivity index (χ1) is 5.24. The van der Waals surface area contributed by atoms with Crippen LogP contribution in [-0.4, -0.2) is 24.6 Å². The highest BCUT2D eigenvalue weighted by atomic mass is 16.7. The third-order valence-corrected chi connectivity index (χ3v) is 1.60. The summed E-state index contributed by atoms with van der Waals surface area (Å²) in [6.07, 6.45) is 2.15. The van der Waals surface area contributed by atoms with E-state index in [1.165, 1.54) is 6.08 Å². The van der Waals surface area contributed by atoms with Crippen LogP contribution in [-0.2, 0) is 4.74 Å². The first kappa shape index (κ1) is 8.00. The lowest BCUT2D eigenvalue weighted by atomic mass is 10.2. The van der Waals surface area contributed by atoms with Crippen molar-refractivity contribution in [2.75, 3.05) is 13.7 Å². The predicted octanol–water partition coefficient (Wildman–Crippen LogP) is 0.113. The van der Waals surface area contributed by atoms with Gasteiger partial charge in [-0.3, -0.25) is 10.1 Å². The minimum atomic E-state index is -0.508. The van der Waals surface area contributed by atoms with Crippen molar-refractivity contribution in [3.63, 3.8) is 0 Å². The molecule has 0 amide bonds. The SMILES string of the molecule is CNC1CC=C([N+](=O)[O-])OC1. The Morgan fingerprint density at radius 3 is 3.00 bits per heavy atom. The number of nitro groups is 1. The average Bonchev–Trinajstić information content (AvgIpc) is 2.05. The molecule has 0 saturated carbocycles. The Kier molecular flexibility index (Phi) is 2.43. The van der Waals surface area contributed by atoms with E-state index >= 15 is 0 Å². The van der Waals surface area contributed by atoms with Crippen molar-refractivity contribution >= 4 is 0 Å². The van der Waals surface area contributed by atoms with Crippen LogP contribution in [0.3, 0.4) is 0 Å². The highest BCUT2D eigenvalue weighted by Crippen LogP contribution is 2.10. The monoisotopic (exact) mass is 158 g/mol. The quantitative estimate of drug-likeness (QED) is 0.457. The number of hydrogen-bond acceptors (Lipinski definition) is 4. The highest BCUT2D eigenvalue weighted by molar-refractivity contribution is 4.91. The zero-order valence-corrected chi connectivity index (χ0v) is 6.24. The maximum atomic E-state index is 10.1. The molecule has 5 heteroatoms. The molecule has 1 unspecified atom stereocenters. The second-order valence-corrected chi connectivity index (χ2v) is 2.33. The summed E-state index contributed by atoms with van der Waals surface area (Å²) in [7, 11) is 1.80. The molecule has 5 nitrogen and oxygen atoms in total. The second kappa shape index (κ2) is 3.34. The van der Waals surface area contributed by atoms with Gasteiger partial charge in [-0.1, -0.05) is 0 Å². The number of likely N-dealkylation sites (N-methyl/N-ethyl adjacent to an activating group) is 1. The first-order valence-corrected chi connectivity index (χ1v) is 3.38. The summed E-state index contributed by atoms with van der Waals surface area (Å²) in [6.45, 7) is 0.378. The Balaban J connectivity index is 2.50. The normalized spacial score (nSPS) is 23.7. The molecule has 1 atom stereocenters. The summed E-state index contributed by atoms with van der Waals surface area (Å²) in [5.41, 5.74) is 0. The summed E-state index contributed by atoms with van der Waals surface area (Å²) in [6, 6.07) is 0.207. The molecule has 0 bridgehead atoms. The van der Waals surface area contributed by atoms with Crippen molar-refractivity contribution in [2.24, 2.45) is 0 Å². The average molecular weight is 158 g/mol. The van der Waals surface area contributed by atoms with Gasteiger partial charge in [-0.15, -0.1) is 0 Å². The number of nitrogens with one attached hydrogen (secondary N) is 1. The van der Waals surface area contributed by atoms with Gasteiger partial charge >= 0.3 is 5.88 Å². The zero-order chi connectivity index (χ0) is 8.27. The Morgan fingerprint density at radius 2 is 2.64 bits per heavy atom. The fourth-order valence-corrected chi connectivity index (χ4v) is 0.884. The minimum absolute atomic E-state index is 0.128. The third kappa shape index (κ3) is 1.91. The van der Waals surface area contributed by atoms with Crippen molar-refractivity contribution in [1.29, 1.82) is 0 Å². The van der Waals surface area contributed by atoms with E-state index in [9.17, 15) is 10.1 Å². The van der Waals surface area contributed by atoms with E-state index in [4.69, 9.17) is 4.74 Å². The number of nitrogens with zero attached hydrogens (tertiary/aromatic N) is 1. The van der Waals surface area contributed by atoms with Gasteiger partial charge in [0.25, 0.3) is 0 Å². The number of ether oxygens (including phenoxy) is 1. The summed E-state index contributed by atoms with van der Waals surface area (Å²) >= 11 is 0. The van der Waals surface area contributed by atoms with Crippen molar-refractivity contribution in [3.8, 4) is 0 Å². The second-order valence-electron chi connectivity index (χ2n) is 2.33. The van der Waals surface area contributed by atoms with E-state index in [1.807, 2.05) is 0 Å². The summed E-state index contributed by atoms with van der Waals surface area (Å²) < 4.78 is 4.84. The smallest absolute Gasteiger partial charge is 0.424 e. The van der Waals surface area contributed by atoms with Crippen LogP contribution in [0.15, 0.2) is 12.0 Å². The molecule has 0 aromatic carbocycles. The van der Waals surface area contributed by atoms with Crippen LogP contribution in [0.25, 0.3) is 0 Å². The van der Waals surface area contributed by atoms with E-state index in [2.05, 4.69) is 5.32 Å². The van der Waals surface area contributed by atoms with Crippen LogP contribution < -0.4 is 5.32 Å². The van der Waals surface area contributed by atoms with Crippen LogP contribution in [0, 0.1) is 10.1 Å². The third-order valence-electron chi connectivity index (χ3n) is 1.60. The Labute approximate surface area is 64.2 Å². The first-order valence-electron chi connectivity index (χ1n) is 3.38. The maximum absolute atomic E-state index is 10.1. The van der Waals surface area contributed by atoms with Gasteiger partial charge in [-0.2, -0.15) is 0 Å². The molecule has 11 heavy (non-hydrogen) atoms. The van der Waals surface area contributed by atoms with Crippen molar-refractivity contribution < 1.29 is 9.66 Å². The van der Waals surface area contributed by atoms with Crippen LogP contribution >= 0.6 is 0 Å².